The minimum atomic E-state index is -5.76. The Bertz CT molecular complexity index is 325. The van der Waals surface area contributed by atoms with E-state index in [0.29, 0.717) is 12.8 Å². The van der Waals surface area contributed by atoms with Crippen molar-refractivity contribution in [2.75, 3.05) is 6.61 Å². The predicted octanol–water partition coefficient (Wildman–Crippen LogP) is 1.59. The van der Waals surface area contributed by atoms with Crippen LogP contribution in [0.2, 0.25) is 0 Å². The number of carbonyl (C=O) groups is 1. The second kappa shape index (κ2) is 6.09. The van der Waals surface area contributed by atoms with Crippen molar-refractivity contribution in [2.24, 2.45) is 0 Å². The van der Waals surface area contributed by atoms with Crippen LogP contribution < -0.4 is 0 Å². The van der Waals surface area contributed by atoms with Gasteiger partial charge in [-0.15, -0.1) is 0 Å². The van der Waals surface area contributed by atoms with Crippen molar-refractivity contribution in [1.82, 2.24) is 0 Å². The van der Waals surface area contributed by atoms with E-state index < -0.39 is 21.3 Å². The highest BCUT2D eigenvalue weighted by Gasteiger charge is 2.54. The van der Waals surface area contributed by atoms with Crippen molar-refractivity contribution < 1.29 is 31.3 Å². The normalized spacial score (nSPS) is 12.5. The van der Waals surface area contributed by atoms with E-state index in [2.05, 4.69) is 4.74 Å². The van der Waals surface area contributed by atoms with E-state index in [4.69, 9.17) is 4.55 Å². The third-order valence-electron chi connectivity index (χ3n) is 1.79. The fourth-order valence-electron chi connectivity index (χ4n) is 0.883. The average Bonchev–Trinajstić information content (AvgIpc) is 2.15. The molecule has 0 bridgehead atoms. The lowest BCUT2D eigenvalue weighted by Crippen LogP contribution is -2.39. The molecule has 0 saturated carbocycles. The fourth-order valence-corrected chi connectivity index (χ4v) is 1.15. The molecule has 8 heteroatoms. The Morgan fingerprint density at radius 3 is 2.31 bits per heavy atom. The van der Waals surface area contributed by atoms with Crippen LogP contribution in [0.5, 0.6) is 0 Å². The van der Waals surface area contributed by atoms with Gasteiger partial charge in [0.2, 0.25) is 0 Å². The number of carbonyl (C=O) groups excluding carboxylic acids is 1. The van der Waals surface area contributed by atoms with Crippen LogP contribution in [-0.2, 0) is 19.6 Å². The van der Waals surface area contributed by atoms with Gasteiger partial charge in [0, 0.05) is 0 Å². The predicted molar refractivity (Wildman–Crippen MR) is 51.6 cm³/mol. The molecule has 0 rings (SSSR count). The Morgan fingerprint density at radius 2 is 1.88 bits per heavy atom. The molecule has 0 amide bonds. The van der Waals surface area contributed by atoms with Crippen LogP contribution in [-0.4, -0.2) is 30.8 Å². The van der Waals surface area contributed by atoms with Gasteiger partial charge in [-0.25, -0.2) is 4.79 Å². The lowest BCUT2D eigenvalue weighted by atomic mass is 10.2. The maximum Gasteiger partial charge on any atom is 0.465 e. The van der Waals surface area contributed by atoms with E-state index in [1.165, 1.54) is 0 Å². The van der Waals surface area contributed by atoms with Gasteiger partial charge in [0.1, 0.15) is 0 Å². The number of hydrogen-bond acceptors (Lipinski definition) is 4. The van der Waals surface area contributed by atoms with Gasteiger partial charge in [-0.3, -0.25) is 4.55 Å². The molecule has 0 spiro atoms. The Hall–Kier alpha value is -0.760. The molecule has 1 N–H and O–H groups in total. The summed E-state index contributed by atoms with van der Waals surface area (Å²) < 4.78 is 57.6. The zero-order chi connectivity index (χ0) is 12.8. The lowest BCUT2D eigenvalue weighted by molar-refractivity contribution is -0.161. The van der Waals surface area contributed by atoms with Gasteiger partial charge in [-0.2, -0.15) is 17.2 Å². The van der Waals surface area contributed by atoms with Crippen LogP contribution in [0, 0.1) is 0 Å². The van der Waals surface area contributed by atoms with Gasteiger partial charge >= 0.3 is 21.3 Å². The molecule has 0 aliphatic heterocycles. The third-order valence-corrected chi connectivity index (χ3v) is 2.61. The first-order chi connectivity index (χ1) is 7.23. The molecule has 0 radical (unpaired) electrons. The van der Waals surface area contributed by atoms with Gasteiger partial charge in [0.05, 0.1) is 6.61 Å². The maximum absolute atomic E-state index is 12.6. The molecule has 0 atom stereocenters. The van der Waals surface area contributed by atoms with Crippen LogP contribution in [0.25, 0.3) is 0 Å². The lowest BCUT2D eigenvalue weighted by Gasteiger charge is -2.11. The summed E-state index contributed by atoms with van der Waals surface area (Å²) in [6.45, 7) is 1.66. The molecule has 0 unspecified atom stereocenters. The summed E-state index contributed by atoms with van der Waals surface area (Å²) in [5, 5.41) is -4.89. The van der Waals surface area contributed by atoms with E-state index in [-0.39, 0.29) is 6.61 Å². The first-order valence-corrected chi connectivity index (χ1v) is 6.19. The minimum Gasteiger partial charge on any atom is -0.460 e. The van der Waals surface area contributed by atoms with Crippen LogP contribution in [0.4, 0.5) is 8.78 Å². The van der Waals surface area contributed by atoms with Crippen molar-refractivity contribution >= 4 is 16.1 Å². The van der Waals surface area contributed by atoms with E-state index in [0.717, 1.165) is 12.8 Å². The molecule has 0 aromatic carbocycles. The average molecular weight is 260 g/mol. The molecule has 0 aromatic heterocycles. The molecule has 0 aromatic rings. The van der Waals surface area contributed by atoms with E-state index in [1.54, 1.807) is 0 Å². The van der Waals surface area contributed by atoms with Gasteiger partial charge in [0.15, 0.2) is 0 Å². The molecule has 16 heavy (non-hydrogen) atoms. The molecule has 0 fully saturated rings. The van der Waals surface area contributed by atoms with E-state index in [9.17, 15) is 22.0 Å². The second-order valence-electron chi connectivity index (χ2n) is 3.19. The Kier molecular flexibility index (Phi) is 5.80. The van der Waals surface area contributed by atoms with Crippen molar-refractivity contribution in [3.8, 4) is 0 Å². The SMILES string of the molecule is CCCCCCOC(=O)C(F)(F)S(=O)(=O)O. The number of hydrogen-bond donors (Lipinski definition) is 1. The van der Waals surface area contributed by atoms with E-state index >= 15 is 0 Å². The standard InChI is InChI=1S/C8H14F2O5S/c1-2-3-4-5-6-15-7(11)8(9,10)16(12,13)14/h2-6H2,1H3,(H,12,13,14). The Balaban J connectivity index is 4.08. The number of esters is 1. The largest absolute Gasteiger partial charge is 0.465 e. The van der Waals surface area contributed by atoms with Crippen molar-refractivity contribution in [1.29, 1.82) is 0 Å². The summed E-state index contributed by atoms with van der Waals surface area (Å²) in [7, 11) is -5.76. The monoisotopic (exact) mass is 260 g/mol. The second-order valence-corrected chi connectivity index (χ2v) is 4.65. The highest BCUT2D eigenvalue weighted by molar-refractivity contribution is 7.87. The zero-order valence-corrected chi connectivity index (χ0v) is 9.60. The van der Waals surface area contributed by atoms with Gasteiger partial charge < -0.3 is 4.74 Å². The molecular formula is C8H14F2O5S. The van der Waals surface area contributed by atoms with Crippen LogP contribution >= 0.6 is 0 Å². The number of rotatable bonds is 7. The summed E-state index contributed by atoms with van der Waals surface area (Å²) in [4.78, 5) is 10.6. The van der Waals surface area contributed by atoms with E-state index in [1.807, 2.05) is 6.92 Å². The molecular weight excluding hydrogens is 246 g/mol. The molecule has 0 heterocycles. The summed E-state index contributed by atoms with van der Waals surface area (Å²) in [6.07, 6.45) is 2.86. The number of alkyl halides is 2. The smallest absolute Gasteiger partial charge is 0.460 e. The van der Waals surface area contributed by atoms with Crippen molar-refractivity contribution in [2.45, 2.75) is 37.9 Å². The highest BCUT2D eigenvalue weighted by atomic mass is 32.2. The molecule has 0 saturated heterocycles. The summed E-state index contributed by atoms with van der Waals surface area (Å²) in [5.74, 6) is -2.24. The Morgan fingerprint density at radius 1 is 1.31 bits per heavy atom. The molecule has 5 nitrogen and oxygen atoms in total. The van der Waals surface area contributed by atoms with Gasteiger partial charge in [0.25, 0.3) is 0 Å². The van der Waals surface area contributed by atoms with Gasteiger partial charge in [-0.1, -0.05) is 26.2 Å². The van der Waals surface area contributed by atoms with Crippen LogP contribution in [0.1, 0.15) is 32.6 Å². The zero-order valence-electron chi connectivity index (χ0n) is 8.78. The van der Waals surface area contributed by atoms with Crippen molar-refractivity contribution in [3.63, 3.8) is 0 Å². The summed E-state index contributed by atoms with van der Waals surface area (Å²) >= 11 is 0. The maximum atomic E-state index is 12.6. The first kappa shape index (κ1) is 15.2. The molecule has 0 aliphatic carbocycles. The highest BCUT2D eigenvalue weighted by Crippen LogP contribution is 2.22. The number of halogens is 2. The number of unbranched alkanes of at least 4 members (excludes halogenated alkanes) is 3. The summed E-state index contributed by atoms with van der Waals surface area (Å²) in [6, 6.07) is 0. The Labute approximate surface area is 92.5 Å². The fraction of sp³-hybridized carbons (Fsp3) is 0.875. The van der Waals surface area contributed by atoms with Crippen molar-refractivity contribution in [3.05, 3.63) is 0 Å². The summed E-state index contributed by atoms with van der Waals surface area (Å²) in [5.41, 5.74) is 0. The van der Waals surface area contributed by atoms with Crippen LogP contribution in [0.15, 0.2) is 0 Å². The topological polar surface area (TPSA) is 80.7 Å². The molecule has 0 aliphatic rings. The third kappa shape index (κ3) is 4.40. The van der Waals surface area contributed by atoms with Crippen LogP contribution in [0.3, 0.4) is 0 Å². The van der Waals surface area contributed by atoms with Gasteiger partial charge in [-0.05, 0) is 6.42 Å². The quantitative estimate of drug-likeness (QED) is 0.427. The molecule has 96 valence electrons. The first-order valence-electron chi connectivity index (χ1n) is 4.75. The number of ether oxygens (including phenoxy) is 1. The minimum absolute atomic E-state index is 0.288.